The Morgan fingerprint density at radius 3 is 2.60 bits per heavy atom. The monoisotopic (exact) mass is 279 g/mol. The summed E-state index contributed by atoms with van der Waals surface area (Å²) in [5.74, 6) is 0.267. The largest absolute Gasteiger partial charge is 0.491 e. The highest BCUT2D eigenvalue weighted by Gasteiger charge is 2.11. The molecule has 0 aliphatic rings. The Balaban J connectivity index is 2.53. The van der Waals surface area contributed by atoms with Crippen LogP contribution in [0.3, 0.4) is 0 Å². The van der Waals surface area contributed by atoms with Crippen LogP contribution < -0.4 is 10.5 Å². The summed E-state index contributed by atoms with van der Waals surface area (Å²) in [5.41, 5.74) is 6.82. The first-order valence-corrected chi connectivity index (χ1v) is 7.28. The van der Waals surface area contributed by atoms with Gasteiger partial charge in [-0.3, -0.25) is 0 Å². The molecule has 0 unspecified atom stereocenters. The van der Waals surface area contributed by atoms with Crippen molar-refractivity contribution >= 4 is 11.7 Å². The van der Waals surface area contributed by atoms with Crippen LogP contribution in [0, 0.1) is 0 Å². The van der Waals surface area contributed by atoms with Crippen molar-refractivity contribution in [2.45, 2.75) is 52.6 Å². The topological polar surface area (TPSA) is 61.5 Å². The van der Waals surface area contributed by atoms with Gasteiger partial charge in [-0.1, -0.05) is 26.2 Å². The summed E-state index contributed by atoms with van der Waals surface area (Å²) in [4.78, 5) is 11.7. The molecule has 1 aromatic rings. The van der Waals surface area contributed by atoms with E-state index >= 15 is 0 Å². The van der Waals surface area contributed by atoms with Crippen molar-refractivity contribution in [1.82, 2.24) is 0 Å². The van der Waals surface area contributed by atoms with Gasteiger partial charge in [-0.25, -0.2) is 4.79 Å². The van der Waals surface area contributed by atoms with Gasteiger partial charge in [0.2, 0.25) is 0 Å². The molecule has 4 heteroatoms. The quantitative estimate of drug-likeness (QED) is 0.447. The molecule has 4 nitrogen and oxygen atoms in total. The van der Waals surface area contributed by atoms with Crippen LogP contribution in [-0.4, -0.2) is 18.7 Å². The maximum absolute atomic E-state index is 11.7. The zero-order valence-corrected chi connectivity index (χ0v) is 12.6. The number of carbonyl (C=O) groups is 1. The Labute approximate surface area is 121 Å². The number of ether oxygens (including phenoxy) is 2. The van der Waals surface area contributed by atoms with Crippen molar-refractivity contribution in [3.05, 3.63) is 23.8 Å². The lowest BCUT2D eigenvalue weighted by molar-refractivity contribution is 0.0378. The number of unbranched alkanes of at least 4 members (excludes halogenated alkanes) is 3. The van der Waals surface area contributed by atoms with Crippen molar-refractivity contribution in [2.24, 2.45) is 0 Å². The fraction of sp³-hybridized carbons (Fsp3) is 0.562. The maximum atomic E-state index is 11.7. The van der Waals surface area contributed by atoms with Gasteiger partial charge in [0.1, 0.15) is 5.75 Å². The Hall–Kier alpha value is -1.71. The van der Waals surface area contributed by atoms with E-state index in [2.05, 4.69) is 6.92 Å². The van der Waals surface area contributed by atoms with Gasteiger partial charge in [0, 0.05) is 0 Å². The molecular formula is C16H25NO3. The van der Waals surface area contributed by atoms with Gasteiger partial charge in [-0.15, -0.1) is 0 Å². The number of hydrogen-bond acceptors (Lipinski definition) is 4. The SMILES string of the molecule is CCCCCCOc1ccc(C(=O)OC(C)C)cc1N. The van der Waals surface area contributed by atoms with E-state index in [0.717, 1.165) is 12.8 Å². The second-order valence-corrected chi connectivity index (χ2v) is 5.12. The number of hydrogen-bond donors (Lipinski definition) is 1. The highest BCUT2D eigenvalue weighted by Crippen LogP contribution is 2.23. The fourth-order valence-corrected chi connectivity index (χ4v) is 1.80. The van der Waals surface area contributed by atoms with Crippen LogP contribution in [0.1, 0.15) is 56.8 Å². The van der Waals surface area contributed by atoms with Gasteiger partial charge >= 0.3 is 5.97 Å². The lowest BCUT2D eigenvalue weighted by Crippen LogP contribution is -2.12. The van der Waals surface area contributed by atoms with Crippen molar-refractivity contribution in [2.75, 3.05) is 12.3 Å². The van der Waals surface area contributed by atoms with Crippen molar-refractivity contribution in [3.63, 3.8) is 0 Å². The first-order chi connectivity index (χ1) is 9.54. The minimum absolute atomic E-state index is 0.141. The number of nitrogen functional groups attached to an aromatic ring is 1. The predicted molar refractivity (Wildman–Crippen MR) is 81.0 cm³/mol. The third kappa shape index (κ3) is 5.51. The fourth-order valence-electron chi connectivity index (χ4n) is 1.80. The van der Waals surface area contributed by atoms with Gasteiger partial charge in [0.25, 0.3) is 0 Å². The van der Waals surface area contributed by atoms with Crippen LogP contribution in [0.5, 0.6) is 5.75 Å². The highest BCUT2D eigenvalue weighted by atomic mass is 16.5. The van der Waals surface area contributed by atoms with Crippen LogP contribution in [-0.2, 0) is 4.74 Å². The van der Waals surface area contributed by atoms with E-state index in [4.69, 9.17) is 15.2 Å². The van der Waals surface area contributed by atoms with E-state index in [0.29, 0.717) is 23.6 Å². The Morgan fingerprint density at radius 2 is 2.00 bits per heavy atom. The molecule has 1 aromatic carbocycles. The average Bonchev–Trinajstić information content (AvgIpc) is 2.39. The molecule has 0 aliphatic carbocycles. The van der Waals surface area contributed by atoms with Crippen LogP contribution in [0.25, 0.3) is 0 Å². The zero-order valence-electron chi connectivity index (χ0n) is 12.6. The number of esters is 1. The van der Waals surface area contributed by atoms with Gasteiger partial charge in [0.05, 0.1) is 24.0 Å². The number of nitrogens with two attached hydrogens (primary N) is 1. The minimum atomic E-state index is -0.360. The summed E-state index contributed by atoms with van der Waals surface area (Å²) in [6, 6.07) is 5.01. The lowest BCUT2D eigenvalue weighted by Gasteiger charge is -2.11. The molecule has 0 heterocycles. The summed E-state index contributed by atoms with van der Waals surface area (Å²) < 4.78 is 10.7. The molecule has 20 heavy (non-hydrogen) atoms. The Bertz CT molecular complexity index is 430. The molecule has 0 saturated carbocycles. The highest BCUT2D eigenvalue weighted by molar-refractivity contribution is 5.91. The number of benzene rings is 1. The molecule has 1 rings (SSSR count). The van der Waals surface area contributed by atoms with Gasteiger partial charge in [-0.2, -0.15) is 0 Å². The predicted octanol–water partition coefficient (Wildman–Crippen LogP) is 3.79. The normalized spacial score (nSPS) is 10.6. The Kier molecular flexibility index (Phi) is 6.91. The second-order valence-electron chi connectivity index (χ2n) is 5.12. The molecule has 112 valence electrons. The van der Waals surface area contributed by atoms with Crippen molar-refractivity contribution < 1.29 is 14.3 Å². The third-order valence-electron chi connectivity index (χ3n) is 2.84. The van der Waals surface area contributed by atoms with E-state index < -0.39 is 0 Å². The third-order valence-corrected chi connectivity index (χ3v) is 2.84. The van der Waals surface area contributed by atoms with Gasteiger partial charge in [0.15, 0.2) is 0 Å². The molecule has 0 fully saturated rings. The zero-order chi connectivity index (χ0) is 15.0. The van der Waals surface area contributed by atoms with Crippen LogP contribution in [0.15, 0.2) is 18.2 Å². The van der Waals surface area contributed by atoms with E-state index in [-0.39, 0.29) is 12.1 Å². The second kappa shape index (κ2) is 8.46. The number of anilines is 1. The van der Waals surface area contributed by atoms with Crippen molar-refractivity contribution in [3.8, 4) is 5.75 Å². The van der Waals surface area contributed by atoms with E-state index in [1.54, 1.807) is 18.2 Å². The first kappa shape index (κ1) is 16.3. The summed E-state index contributed by atoms with van der Waals surface area (Å²) in [7, 11) is 0. The van der Waals surface area contributed by atoms with Crippen LogP contribution in [0.4, 0.5) is 5.69 Å². The molecule has 0 bridgehead atoms. The summed E-state index contributed by atoms with van der Waals surface area (Å²) in [6.45, 7) is 6.46. The van der Waals surface area contributed by atoms with Gasteiger partial charge < -0.3 is 15.2 Å². The van der Waals surface area contributed by atoms with E-state index in [9.17, 15) is 4.79 Å². The van der Waals surface area contributed by atoms with Crippen LogP contribution in [0.2, 0.25) is 0 Å². The standard InChI is InChI=1S/C16H25NO3/c1-4-5-6-7-10-19-15-9-8-13(11-14(15)17)16(18)20-12(2)3/h8-9,11-12H,4-7,10,17H2,1-3H3. The lowest BCUT2D eigenvalue weighted by atomic mass is 10.2. The summed E-state index contributed by atoms with van der Waals surface area (Å²) in [5, 5.41) is 0. The molecule has 0 spiro atoms. The molecular weight excluding hydrogens is 254 g/mol. The molecule has 0 saturated heterocycles. The van der Waals surface area contributed by atoms with E-state index in [1.807, 2.05) is 13.8 Å². The van der Waals surface area contributed by atoms with Gasteiger partial charge in [-0.05, 0) is 38.5 Å². The van der Waals surface area contributed by atoms with Crippen molar-refractivity contribution in [1.29, 1.82) is 0 Å². The Morgan fingerprint density at radius 1 is 1.25 bits per heavy atom. The smallest absolute Gasteiger partial charge is 0.338 e. The molecule has 2 N–H and O–H groups in total. The van der Waals surface area contributed by atoms with Crippen LogP contribution >= 0.6 is 0 Å². The summed E-state index contributed by atoms with van der Waals surface area (Å²) >= 11 is 0. The molecule has 0 aliphatic heterocycles. The average molecular weight is 279 g/mol. The number of carbonyl (C=O) groups excluding carboxylic acids is 1. The molecule has 0 radical (unpaired) electrons. The minimum Gasteiger partial charge on any atom is -0.491 e. The molecule has 0 amide bonds. The van der Waals surface area contributed by atoms with E-state index in [1.165, 1.54) is 12.8 Å². The number of rotatable bonds is 8. The first-order valence-electron chi connectivity index (χ1n) is 7.28. The maximum Gasteiger partial charge on any atom is 0.338 e. The summed E-state index contributed by atoms with van der Waals surface area (Å²) in [6.07, 6.45) is 4.46. The molecule has 0 atom stereocenters. The molecule has 0 aromatic heterocycles.